The van der Waals surface area contributed by atoms with Crippen LogP contribution in [0.25, 0.3) is 11.0 Å². The van der Waals surface area contributed by atoms with Crippen molar-refractivity contribution in [1.29, 1.82) is 0 Å². The normalized spacial score (nSPS) is 10.8. The van der Waals surface area contributed by atoms with Crippen molar-refractivity contribution in [3.8, 4) is 0 Å². The first-order valence-electron chi connectivity index (χ1n) is 3.67. The molecule has 0 aliphatic heterocycles. The van der Waals surface area contributed by atoms with Gasteiger partial charge in [-0.05, 0) is 6.07 Å². The molecule has 2 nitrogen and oxygen atoms in total. The second-order valence-electron chi connectivity index (χ2n) is 2.45. The third-order valence-electron chi connectivity index (χ3n) is 1.69. The highest BCUT2D eigenvalue weighted by atomic mass is 28.2. The Morgan fingerprint density at radius 2 is 2.17 bits per heavy atom. The molecule has 0 fully saturated rings. The van der Waals surface area contributed by atoms with E-state index >= 15 is 0 Å². The third-order valence-corrected chi connectivity index (χ3v) is 2.50. The van der Waals surface area contributed by atoms with Crippen molar-refractivity contribution in [2.45, 2.75) is 0 Å². The fourth-order valence-corrected chi connectivity index (χ4v) is 1.81. The Morgan fingerprint density at radius 3 is 3.00 bits per heavy atom. The molecule has 0 unspecified atom stereocenters. The van der Waals surface area contributed by atoms with Gasteiger partial charge in [0.15, 0.2) is 0 Å². The van der Waals surface area contributed by atoms with Crippen LogP contribution in [0.5, 0.6) is 0 Å². The predicted molar refractivity (Wildman–Crippen MR) is 48.6 cm³/mol. The van der Waals surface area contributed by atoms with Crippen molar-refractivity contribution in [3.63, 3.8) is 0 Å². The quantitative estimate of drug-likeness (QED) is 0.644. The zero-order valence-electron chi connectivity index (χ0n) is 6.70. The van der Waals surface area contributed by atoms with Crippen molar-refractivity contribution in [2.24, 2.45) is 0 Å². The van der Waals surface area contributed by atoms with E-state index in [0.29, 0.717) is 9.76 Å². The van der Waals surface area contributed by atoms with Crippen molar-refractivity contribution in [3.05, 3.63) is 30.5 Å². The van der Waals surface area contributed by atoms with Gasteiger partial charge in [-0.2, -0.15) is 0 Å². The summed E-state index contributed by atoms with van der Waals surface area (Å²) in [6, 6.07) is 7.96. The molecule has 0 N–H and O–H groups in total. The summed E-state index contributed by atoms with van der Waals surface area (Å²) in [5, 5.41) is 2.28. The molecule has 0 amide bonds. The number of fused-ring (bicyclic) bond motifs is 1. The Balaban J connectivity index is 2.55. The Bertz CT molecular complexity index is 381. The fourth-order valence-electron chi connectivity index (χ4n) is 1.17. The van der Waals surface area contributed by atoms with Gasteiger partial charge in [-0.1, -0.05) is 18.2 Å². The lowest BCUT2D eigenvalue weighted by Gasteiger charge is -1.90. The molecule has 2 rings (SSSR count). The van der Waals surface area contributed by atoms with Crippen LogP contribution in [0.4, 0.5) is 0 Å². The SMILES string of the molecule is CO[Si]c1coc2ccccc12. The number of rotatable bonds is 2. The molecule has 12 heavy (non-hydrogen) atoms. The Morgan fingerprint density at radius 1 is 1.33 bits per heavy atom. The molecule has 1 aromatic carbocycles. The molecule has 0 bridgehead atoms. The number of hydrogen-bond donors (Lipinski definition) is 0. The third kappa shape index (κ3) is 1.17. The molecule has 0 aliphatic carbocycles. The van der Waals surface area contributed by atoms with Crippen LogP contribution in [0, 0.1) is 0 Å². The van der Waals surface area contributed by atoms with Crippen molar-refractivity contribution >= 4 is 25.9 Å². The van der Waals surface area contributed by atoms with E-state index < -0.39 is 0 Å². The van der Waals surface area contributed by atoms with Gasteiger partial charge in [-0.25, -0.2) is 0 Å². The number of hydrogen-bond acceptors (Lipinski definition) is 2. The number of furan rings is 1. The summed E-state index contributed by atoms with van der Waals surface area (Å²) >= 11 is 0. The minimum atomic E-state index is 0.372. The highest BCUT2D eigenvalue weighted by Gasteiger charge is 2.04. The second kappa shape index (κ2) is 3.12. The maximum absolute atomic E-state index is 5.33. The molecule has 0 spiro atoms. The van der Waals surface area contributed by atoms with Gasteiger partial charge < -0.3 is 8.84 Å². The molecular weight excluding hydrogens is 168 g/mol. The van der Waals surface area contributed by atoms with Crippen LogP contribution in [0.2, 0.25) is 0 Å². The van der Waals surface area contributed by atoms with Crippen molar-refractivity contribution in [2.75, 3.05) is 7.11 Å². The first-order valence-corrected chi connectivity index (χ1v) is 4.58. The lowest BCUT2D eigenvalue weighted by atomic mass is 10.3. The van der Waals surface area contributed by atoms with Crippen LogP contribution in [0.3, 0.4) is 0 Å². The van der Waals surface area contributed by atoms with Crippen LogP contribution >= 0.6 is 0 Å². The second-order valence-corrected chi connectivity index (χ2v) is 3.60. The molecule has 0 saturated heterocycles. The molecule has 2 aromatic rings. The van der Waals surface area contributed by atoms with Crippen LogP contribution < -0.4 is 5.19 Å². The van der Waals surface area contributed by atoms with Crippen molar-refractivity contribution in [1.82, 2.24) is 0 Å². The summed E-state index contributed by atoms with van der Waals surface area (Å²) in [6.45, 7) is 0. The van der Waals surface area contributed by atoms with Gasteiger partial charge in [0.05, 0.1) is 6.26 Å². The van der Waals surface area contributed by atoms with Gasteiger partial charge in [0.25, 0.3) is 9.76 Å². The van der Waals surface area contributed by atoms with E-state index in [0.717, 1.165) is 16.2 Å². The minimum Gasteiger partial charge on any atom is -0.464 e. The summed E-state index contributed by atoms with van der Waals surface area (Å²) < 4.78 is 10.4. The van der Waals surface area contributed by atoms with E-state index in [-0.39, 0.29) is 0 Å². The molecule has 0 atom stereocenters. The van der Waals surface area contributed by atoms with E-state index in [9.17, 15) is 0 Å². The fraction of sp³-hybridized carbons (Fsp3) is 0.111. The summed E-state index contributed by atoms with van der Waals surface area (Å²) in [7, 11) is 2.07. The Labute approximate surface area is 73.1 Å². The highest BCUT2D eigenvalue weighted by Crippen LogP contribution is 2.11. The number of para-hydroxylation sites is 1. The first kappa shape index (κ1) is 7.58. The Kier molecular flexibility index (Phi) is 1.97. The summed E-state index contributed by atoms with van der Waals surface area (Å²) in [5.74, 6) is 0. The topological polar surface area (TPSA) is 22.4 Å². The summed E-state index contributed by atoms with van der Waals surface area (Å²) in [6.07, 6.45) is 1.76. The van der Waals surface area contributed by atoms with Gasteiger partial charge in [0.2, 0.25) is 0 Å². The van der Waals surface area contributed by atoms with Gasteiger partial charge in [0.1, 0.15) is 5.58 Å². The predicted octanol–water partition coefficient (Wildman–Crippen LogP) is 1.32. The Hall–Kier alpha value is -1.06. The van der Waals surface area contributed by atoms with Gasteiger partial charge in [-0.3, -0.25) is 0 Å². The molecule has 1 heterocycles. The standard InChI is InChI=1S/C9H8O2Si/c1-10-12-9-6-11-8-5-3-2-4-7(8)9/h2-6H,1H3. The lowest BCUT2D eigenvalue weighted by molar-refractivity contribution is 0.450. The van der Waals surface area contributed by atoms with Crippen LogP contribution in [-0.4, -0.2) is 16.9 Å². The average molecular weight is 176 g/mol. The maximum atomic E-state index is 5.33. The minimum absolute atomic E-state index is 0.372. The van der Waals surface area contributed by atoms with Gasteiger partial charge in [0, 0.05) is 17.7 Å². The molecule has 1 aromatic heterocycles. The molecule has 2 radical (unpaired) electrons. The molecule has 3 heteroatoms. The van der Waals surface area contributed by atoms with E-state index in [1.54, 1.807) is 13.4 Å². The van der Waals surface area contributed by atoms with Gasteiger partial charge >= 0.3 is 0 Å². The molecule has 60 valence electrons. The van der Waals surface area contributed by atoms with E-state index in [1.165, 1.54) is 0 Å². The molecule has 0 aliphatic rings. The summed E-state index contributed by atoms with van der Waals surface area (Å²) in [5.41, 5.74) is 0.928. The van der Waals surface area contributed by atoms with Crippen molar-refractivity contribution < 1.29 is 8.84 Å². The molecule has 0 saturated carbocycles. The largest absolute Gasteiger partial charge is 0.464 e. The molecular formula is C9H8O2Si. The van der Waals surface area contributed by atoms with Crippen LogP contribution in [-0.2, 0) is 4.43 Å². The van der Waals surface area contributed by atoms with E-state index in [2.05, 4.69) is 0 Å². The van der Waals surface area contributed by atoms with Gasteiger partial charge in [-0.15, -0.1) is 0 Å². The monoisotopic (exact) mass is 176 g/mol. The maximum Gasteiger partial charge on any atom is 0.272 e. The summed E-state index contributed by atoms with van der Waals surface area (Å²) in [4.78, 5) is 0. The van der Waals surface area contributed by atoms with E-state index in [1.807, 2.05) is 24.3 Å². The zero-order chi connectivity index (χ0) is 8.39. The number of benzene rings is 1. The zero-order valence-corrected chi connectivity index (χ0v) is 7.70. The van der Waals surface area contributed by atoms with E-state index in [4.69, 9.17) is 8.84 Å². The lowest BCUT2D eigenvalue weighted by Crippen LogP contribution is -2.13. The smallest absolute Gasteiger partial charge is 0.272 e. The van der Waals surface area contributed by atoms with Crippen LogP contribution in [0.15, 0.2) is 34.9 Å². The average Bonchev–Trinajstić information content (AvgIpc) is 2.50. The highest BCUT2D eigenvalue weighted by molar-refractivity contribution is 6.51. The first-order chi connectivity index (χ1) is 5.92. The van der Waals surface area contributed by atoms with Crippen LogP contribution in [0.1, 0.15) is 0 Å².